The van der Waals surface area contributed by atoms with Crippen LogP contribution < -0.4 is 4.74 Å². The number of hydrogen-bond donors (Lipinski definition) is 0. The topological polar surface area (TPSA) is 70.4 Å². The third-order valence-electron chi connectivity index (χ3n) is 6.82. The van der Waals surface area contributed by atoms with Crippen molar-refractivity contribution in [2.24, 2.45) is 0 Å². The van der Waals surface area contributed by atoms with E-state index in [1.54, 1.807) is 6.07 Å². The molecule has 5 nitrogen and oxygen atoms in total. The fourth-order valence-electron chi connectivity index (χ4n) is 4.83. The lowest BCUT2D eigenvalue weighted by Crippen LogP contribution is -2.54. The third kappa shape index (κ3) is 5.00. The molecule has 0 amide bonds. The molecular formula is C26H32N2O3S. The molecule has 0 bridgehead atoms. The minimum atomic E-state index is -3.38. The van der Waals surface area contributed by atoms with Crippen molar-refractivity contribution in [2.75, 3.05) is 18.8 Å². The number of likely N-dealkylation sites (tertiary alicyclic amines) is 1. The third-order valence-corrected chi connectivity index (χ3v) is 8.16. The lowest BCUT2D eigenvalue weighted by atomic mass is 9.81. The molecule has 6 heteroatoms. The van der Waals surface area contributed by atoms with Gasteiger partial charge in [-0.3, -0.25) is 4.90 Å². The SMILES string of the molecule is CC(C)(C)N1CCC2(CCc3cc(-c4ccc(CS(=O)(=O)CC#N)cc4)ccc3O2)CC1. The van der Waals surface area contributed by atoms with E-state index < -0.39 is 15.6 Å². The van der Waals surface area contributed by atoms with Crippen LogP contribution >= 0.6 is 0 Å². The van der Waals surface area contributed by atoms with Crippen molar-refractivity contribution >= 4 is 9.84 Å². The van der Waals surface area contributed by atoms with Gasteiger partial charge in [0.25, 0.3) is 0 Å². The summed E-state index contributed by atoms with van der Waals surface area (Å²) in [5.41, 5.74) is 4.27. The summed E-state index contributed by atoms with van der Waals surface area (Å²) in [4.78, 5) is 2.55. The van der Waals surface area contributed by atoms with Crippen LogP contribution in [0.3, 0.4) is 0 Å². The van der Waals surface area contributed by atoms with Gasteiger partial charge in [-0.05, 0) is 80.8 Å². The summed E-state index contributed by atoms with van der Waals surface area (Å²) in [5.74, 6) is 0.450. The lowest BCUT2D eigenvalue weighted by molar-refractivity contribution is -0.0355. The van der Waals surface area contributed by atoms with Gasteiger partial charge in [-0.25, -0.2) is 8.42 Å². The highest BCUT2D eigenvalue weighted by atomic mass is 32.2. The molecule has 1 saturated heterocycles. The fraction of sp³-hybridized carbons (Fsp3) is 0.500. The first kappa shape index (κ1) is 22.8. The van der Waals surface area contributed by atoms with E-state index >= 15 is 0 Å². The van der Waals surface area contributed by atoms with E-state index in [0.29, 0.717) is 5.56 Å². The van der Waals surface area contributed by atoms with Gasteiger partial charge in [0.15, 0.2) is 9.84 Å². The minimum Gasteiger partial charge on any atom is -0.487 e. The summed E-state index contributed by atoms with van der Waals surface area (Å²) in [7, 11) is -3.38. The van der Waals surface area contributed by atoms with Gasteiger partial charge in [0.2, 0.25) is 0 Å². The van der Waals surface area contributed by atoms with Gasteiger partial charge in [-0.15, -0.1) is 0 Å². The van der Waals surface area contributed by atoms with Crippen molar-refractivity contribution in [1.82, 2.24) is 4.90 Å². The monoisotopic (exact) mass is 452 g/mol. The van der Waals surface area contributed by atoms with E-state index in [2.05, 4.69) is 43.9 Å². The number of piperidine rings is 1. The predicted molar refractivity (Wildman–Crippen MR) is 127 cm³/mol. The Kier molecular flexibility index (Phi) is 6.08. The van der Waals surface area contributed by atoms with Crippen LogP contribution in [0.5, 0.6) is 5.75 Å². The minimum absolute atomic E-state index is 0.0349. The molecule has 0 unspecified atom stereocenters. The Morgan fingerprint density at radius 3 is 2.31 bits per heavy atom. The van der Waals surface area contributed by atoms with E-state index in [4.69, 9.17) is 10.00 Å². The highest BCUT2D eigenvalue weighted by molar-refractivity contribution is 7.90. The van der Waals surface area contributed by atoms with Crippen molar-refractivity contribution < 1.29 is 13.2 Å². The molecule has 0 atom stereocenters. The van der Waals surface area contributed by atoms with E-state index in [1.165, 1.54) is 5.56 Å². The number of ether oxygens (including phenoxy) is 1. The number of hydrogen-bond acceptors (Lipinski definition) is 5. The Morgan fingerprint density at radius 2 is 1.69 bits per heavy atom. The number of sulfone groups is 1. The van der Waals surface area contributed by atoms with Crippen LogP contribution in [0.15, 0.2) is 42.5 Å². The maximum absolute atomic E-state index is 11.9. The number of benzene rings is 2. The zero-order valence-electron chi connectivity index (χ0n) is 19.2. The van der Waals surface area contributed by atoms with E-state index in [0.717, 1.165) is 55.6 Å². The molecule has 0 N–H and O–H groups in total. The van der Waals surface area contributed by atoms with E-state index in [1.807, 2.05) is 24.3 Å². The van der Waals surface area contributed by atoms with Crippen molar-refractivity contribution in [3.8, 4) is 22.9 Å². The van der Waals surface area contributed by atoms with E-state index in [-0.39, 0.29) is 16.9 Å². The summed E-state index contributed by atoms with van der Waals surface area (Å²) < 4.78 is 30.3. The molecular weight excluding hydrogens is 420 g/mol. The Labute approximate surface area is 191 Å². The fourth-order valence-corrected chi connectivity index (χ4v) is 5.83. The second-order valence-corrected chi connectivity index (χ2v) is 12.2. The number of rotatable bonds is 4. The predicted octanol–water partition coefficient (Wildman–Crippen LogP) is 4.75. The standard InChI is InChI=1S/C26H32N2O3S/c1-25(2,3)28-15-12-26(13-16-28)11-10-23-18-22(8-9-24(23)31-26)21-6-4-20(5-7-21)19-32(29,30)17-14-27/h4-9,18H,10-13,15-17,19H2,1-3H3. The number of fused-ring (bicyclic) bond motifs is 1. The zero-order valence-corrected chi connectivity index (χ0v) is 20.0. The first-order chi connectivity index (χ1) is 15.1. The highest BCUT2D eigenvalue weighted by Crippen LogP contribution is 2.41. The molecule has 1 spiro atoms. The summed E-state index contributed by atoms with van der Waals surface area (Å²) >= 11 is 0. The summed E-state index contributed by atoms with van der Waals surface area (Å²) in [6, 6.07) is 15.7. The molecule has 32 heavy (non-hydrogen) atoms. The lowest BCUT2D eigenvalue weighted by Gasteiger charge is -2.48. The van der Waals surface area contributed by atoms with Crippen LogP contribution in [0.1, 0.15) is 51.2 Å². The van der Waals surface area contributed by atoms with Gasteiger partial charge >= 0.3 is 0 Å². The first-order valence-corrected chi connectivity index (χ1v) is 13.2. The second-order valence-electron chi connectivity index (χ2n) is 10.2. The summed E-state index contributed by atoms with van der Waals surface area (Å²) in [6.07, 6.45) is 4.21. The Hall–Kier alpha value is -2.36. The van der Waals surface area contributed by atoms with Gasteiger partial charge in [0.1, 0.15) is 17.1 Å². The quantitative estimate of drug-likeness (QED) is 0.669. The van der Waals surface area contributed by atoms with Crippen LogP contribution in [0, 0.1) is 11.3 Å². The highest BCUT2D eigenvalue weighted by Gasteiger charge is 2.41. The number of nitriles is 1. The Morgan fingerprint density at radius 1 is 1.03 bits per heavy atom. The van der Waals surface area contributed by atoms with Gasteiger partial charge in [-0.1, -0.05) is 30.3 Å². The Balaban J connectivity index is 1.45. The molecule has 0 saturated carbocycles. The molecule has 1 fully saturated rings. The van der Waals surface area contributed by atoms with Crippen molar-refractivity contribution in [3.05, 3.63) is 53.6 Å². The van der Waals surface area contributed by atoms with Gasteiger partial charge < -0.3 is 4.74 Å². The normalized spacial score (nSPS) is 18.6. The molecule has 0 radical (unpaired) electrons. The molecule has 2 heterocycles. The molecule has 170 valence electrons. The van der Waals surface area contributed by atoms with Crippen LogP contribution in [0.25, 0.3) is 11.1 Å². The van der Waals surface area contributed by atoms with Crippen molar-refractivity contribution in [2.45, 2.75) is 63.3 Å². The number of aryl methyl sites for hydroxylation is 1. The molecule has 0 aromatic heterocycles. The smallest absolute Gasteiger partial charge is 0.167 e. The van der Waals surface area contributed by atoms with Crippen molar-refractivity contribution in [1.29, 1.82) is 5.26 Å². The maximum atomic E-state index is 11.9. The summed E-state index contributed by atoms with van der Waals surface area (Å²) in [6.45, 7) is 8.99. The van der Waals surface area contributed by atoms with Gasteiger partial charge in [0.05, 0.1) is 11.8 Å². The average Bonchev–Trinajstić information content (AvgIpc) is 2.73. The maximum Gasteiger partial charge on any atom is 0.167 e. The molecule has 2 aromatic rings. The van der Waals surface area contributed by atoms with Gasteiger partial charge in [0, 0.05) is 18.6 Å². The zero-order chi connectivity index (χ0) is 23.0. The van der Waals surface area contributed by atoms with Crippen LogP contribution in [-0.4, -0.2) is 43.3 Å². The van der Waals surface area contributed by atoms with Crippen molar-refractivity contribution in [3.63, 3.8) is 0 Å². The average molecular weight is 453 g/mol. The van der Waals surface area contributed by atoms with E-state index in [9.17, 15) is 8.42 Å². The van der Waals surface area contributed by atoms with Gasteiger partial charge in [-0.2, -0.15) is 5.26 Å². The molecule has 2 aromatic carbocycles. The van der Waals surface area contributed by atoms with Crippen LogP contribution in [0.2, 0.25) is 0 Å². The molecule has 2 aliphatic heterocycles. The summed E-state index contributed by atoms with van der Waals surface area (Å²) in [5, 5.41) is 8.65. The Bertz CT molecular complexity index is 1120. The largest absolute Gasteiger partial charge is 0.487 e. The van der Waals surface area contributed by atoms with Crippen LogP contribution in [0.4, 0.5) is 0 Å². The molecule has 0 aliphatic carbocycles. The first-order valence-electron chi connectivity index (χ1n) is 11.3. The second kappa shape index (κ2) is 8.53. The molecule has 4 rings (SSSR count). The number of nitrogens with zero attached hydrogens (tertiary/aromatic N) is 2. The molecule has 2 aliphatic rings. The van der Waals surface area contributed by atoms with Crippen LogP contribution in [-0.2, 0) is 22.0 Å².